The average Bonchev–Trinajstić information content (AvgIpc) is 2.91. The van der Waals surface area contributed by atoms with Crippen LogP contribution in [0.5, 0.6) is 0 Å². The lowest BCUT2D eigenvalue weighted by molar-refractivity contribution is 0.0933. The molecule has 1 aliphatic heterocycles. The summed E-state index contributed by atoms with van der Waals surface area (Å²) >= 11 is 0. The molecule has 0 aromatic heterocycles. The van der Waals surface area contributed by atoms with Crippen LogP contribution in [0.25, 0.3) is 0 Å². The van der Waals surface area contributed by atoms with E-state index in [9.17, 15) is 13.2 Å². The fourth-order valence-electron chi connectivity index (χ4n) is 3.89. The van der Waals surface area contributed by atoms with Gasteiger partial charge < -0.3 is 5.32 Å². The van der Waals surface area contributed by atoms with Gasteiger partial charge in [-0.25, -0.2) is 12.7 Å². The van der Waals surface area contributed by atoms with E-state index < -0.39 is 10.0 Å². The van der Waals surface area contributed by atoms with E-state index in [0.717, 1.165) is 37.7 Å². The predicted octanol–water partition coefficient (Wildman–Crippen LogP) is 3.45. The molecule has 3 rings (SSSR count). The first-order chi connectivity index (χ1) is 12.5. The number of piperidine rings is 1. The Kier molecular flexibility index (Phi) is 6.70. The summed E-state index contributed by atoms with van der Waals surface area (Å²) in [6.45, 7) is 1.26. The van der Waals surface area contributed by atoms with Gasteiger partial charge in [-0.2, -0.15) is 0 Å². The minimum absolute atomic E-state index is 0.0114. The smallest absolute Gasteiger partial charge is 0.251 e. The van der Waals surface area contributed by atoms with E-state index in [1.165, 1.54) is 25.7 Å². The van der Waals surface area contributed by atoms with Gasteiger partial charge in [0, 0.05) is 24.7 Å². The van der Waals surface area contributed by atoms with Crippen molar-refractivity contribution in [2.45, 2.75) is 69.6 Å². The lowest BCUT2D eigenvalue weighted by atomic mass is 10.1. The summed E-state index contributed by atoms with van der Waals surface area (Å²) in [5.74, 6) is -0.0420. The Bertz CT molecular complexity index is 686. The molecule has 2 aliphatic rings. The van der Waals surface area contributed by atoms with Crippen molar-refractivity contribution < 1.29 is 13.2 Å². The van der Waals surface area contributed by atoms with Crippen molar-refractivity contribution in [2.75, 3.05) is 13.1 Å². The van der Waals surface area contributed by atoms with Gasteiger partial charge in [0.2, 0.25) is 10.0 Å². The first-order valence-corrected chi connectivity index (χ1v) is 11.5. The highest BCUT2D eigenvalue weighted by Crippen LogP contribution is 2.19. The van der Waals surface area contributed by atoms with Crippen LogP contribution < -0.4 is 5.32 Å². The van der Waals surface area contributed by atoms with E-state index in [0.29, 0.717) is 18.7 Å². The molecule has 1 aromatic rings. The molecule has 5 nitrogen and oxygen atoms in total. The molecule has 1 amide bonds. The second kappa shape index (κ2) is 9.00. The van der Waals surface area contributed by atoms with E-state index >= 15 is 0 Å². The maximum Gasteiger partial charge on any atom is 0.251 e. The molecule has 2 fully saturated rings. The molecule has 144 valence electrons. The summed E-state index contributed by atoms with van der Waals surface area (Å²) in [5.41, 5.74) is 1.34. The lowest BCUT2D eigenvalue weighted by Gasteiger charge is -2.25. The Balaban J connectivity index is 1.58. The van der Waals surface area contributed by atoms with Crippen molar-refractivity contribution in [1.82, 2.24) is 9.62 Å². The number of hydrogen-bond donors (Lipinski definition) is 1. The molecule has 1 saturated heterocycles. The molecule has 1 saturated carbocycles. The highest BCUT2D eigenvalue weighted by Gasteiger charge is 2.24. The zero-order valence-electron chi connectivity index (χ0n) is 15.5. The fourth-order valence-corrected chi connectivity index (χ4v) is 5.50. The molecule has 0 unspecified atom stereocenters. The topological polar surface area (TPSA) is 66.5 Å². The van der Waals surface area contributed by atoms with E-state index in [1.807, 2.05) is 0 Å². The Morgan fingerprint density at radius 1 is 0.923 bits per heavy atom. The summed E-state index contributed by atoms with van der Waals surface area (Å²) in [6.07, 6.45) is 9.97. The summed E-state index contributed by atoms with van der Waals surface area (Å²) in [7, 11) is -3.26. The number of nitrogens with zero attached hydrogens (tertiary/aromatic N) is 1. The van der Waals surface area contributed by atoms with E-state index in [2.05, 4.69) is 5.32 Å². The van der Waals surface area contributed by atoms with Gasteiger partial charge in [-0.15, -0.1) is 0 Å². The number of hydrogen-bond acceptors (Lipinski definition) is 3. The first kappa shape index (κ1) is 19.4. The second-order valence-electron chi connectivity index (χ2n) is 7.57. The normalized spacial score (nSPS) is 20.5. The van der Waals surface area contributed by atoms with Crippen LogP contribution in [0.15, 0.2) is 24.3 Å². The third kappa shape index (κ3) is 5.30. The van der Waals surface area contributed by atoms with Gasteiger partial charge in [-0.05, 0) is 43.4 Å². The molecule has 1 aromatic carbocycles. The van der Waals surface area contributed by atoms with Crippen molar-refractivity contribution in [2.24, 2.45) is 0 Å². The van der Waals surface area contributed by atoms with Crippen LogP contribution >= 0.6 is 0 Å². The quantitative estimate of drug-likeness (QED) is 0.798. The van der Waals surface area contributed by atoms with Gasteiger partial charge in [0.05, 0.1) is 5.75 Å². The fraction of sp³-hybridized carbons (Fsp3) is 0.650. The summed E-state index contributed by atoms with van der Waals surface area (Å²) < 4.78 is 26.6. The van der Waals surface area contributed by atoms with Gasteiger partial charge in [0.15, 0.2) is 0 Å². The van der Waals surface area contributed by atoms with Gasteiger partial charge in [-0.1, -0.05) is 44.2 Å². The van der Waals surface area contributed by atoms with Gasteiger partial charge >= 0.3 is 0 Å². The number of benzene rings is 1. The molecule has 26 heavy (non-hydrogen) atoms. The zero-order valence-corrected chi connectivity index (χ0v) is 16.3. The molecular weight excluding hydrogens is 348 g/mol. The van der Waals surface area contributed by atoms with Crippen molar-refractivity contribution in [3.8, 4) is 0 Å². The van der Waals surface area contributed by atoms with Crippen LogP contribution in [0.4, 0.5) is 0 Å². The maximum atomic E-state index is 12.5. The Labute approximate surface area is 157 Å². The monoisotopic (exact) mass is 378 g/mol. The largest absolute Gasteiger partial charge is 0.349 e. The van der Waals surface area contributed by atoms with E-state index in [-0.39, 0.29) is 17.7 Å². The van der Waals surface area contributed by atoms with Gasteiger partial charge in [-0.3, -0.25) is 4.79 Å². The molecule has 1 heterocycles. The van der Waals surface area contributed by atoms with Crippen molar-refractivity contribution in [3.05, 3.63) is 35.4 Å². The number of sulfonamides is 1. The predicted molar refractivity (Wildman–Crippen MR) is 103 cm³/mol. The SMILES string of the molecule is O=C(NC1CCCCCC1)c1ccc(CS(=O)(=O)N2CCCCC2)cc1. The van der Waals surface area contributed by atoms with E-state index in [4.69, 9.17) is 0 Å². The second-order valence-corrected chi connectivity index (χ2v) is 9.54. The van der Waals surface area contributed by atoms with Crippen LogP contribution in [-0.4, -0.2) is 37.8 Å². The van der Waals surface area contributed by atoms with Crippen LogP contribution in [-0.2, 0) is 15.8 Å². The lowest BCUT2D eigenvalue weighted by Crippen LogP contribution is -2.36. The first-order valence-electron chi connectivity index (χ1n) is 9.92. The number of rotatable bonds is 5. The Hall–Kier alpha value is -1.40. The highest BCUT2D eigenvalue weighted by molar-refractivity contribution is 7.88. The molecule has 1 N–H and O–H groups in total. The average molecular weight is 379 g/mol. The standard InChI is InChI=1S/C20H30N2O3S/c23-20(21-19-8-4-1-2-5-9-19)18-12-10-17(11-13-18)16-26(24,25)22-14-6-3-7-15-22/h10-13,19H,1-9,14-16H2,(H,21,23). The molecule has 1 aliphatic carbocycles. The number of carbonyl (C=O) groups is 1. The molecule has 0 spiro atoms. The Morgan fingerprint density at radius 3 is 2.12 bits per heavy atom. The molecule has 6 heteroatoms. The van der Waals surface area contributed by atoms with Gasteiger partial charge in [0.1, 0.15) is 0 Å². The molecular formula is C20H30N2O3S. The van der Waals surface area contributed by atoms with Crippen molar-refractivity contribution in [1.29, 1.82) is 0 Å². The van der Waals surface area contributed by atoms with E-state index in [1.54, 1.807) is 28.6 Å². The molecule has 0 atom stereocenters. The summed E-state index contributed by atoms with van der Waals surface area (Å²) in [5, 5.41) is 3.13. The molecule has 0 radical (unpaired) electrons. The Morgan fingerprint density at radius 2 is 1.50 bits per heavy atom. The third-order valence-electron chi connectivity index (χ3n) is 5.46. The summed E-state index contributed by atoms with van der Waals surface area (Å²) in [4.78, 5) is 12.4. The third-order valence-corrected chi connectivity index (χ3v) is 7.31. The van der Waals surface area contributed by atoms with Crippen LogP contribution in [0.3, 0.4) is 0 Å². The highest BCUT2D eigenvalue weighted by atomic mass is 32.2. The van der Waals surface area contributed by atoms with Crippen LogP contribution in [0, 0.1) is 0 Å². The van der Waals surface area contributed by atoms with Crippen molar-refractivity contribution >= 4 is 15.9 Å². The minimum Gasteiger partial charge on any atom is -0.349 e. The molecule has 0 bridgehead atoms. The zero-order chi connectivity index (χ0) is 18.4. The summed E-state index contributed by atoms with van der Waals surface area (Å²) in [6, 6.07) is 7.29. The van der Waals surface area contributed by atoms with Crippen LogP contribution in [0.1, 0.15) is 73.7 Å². The van der Waals surface area contributed by atoms with Crippen LogP contribution in [0.2, 0.25) is 0 Å². The van der Waals surface area contributed by atoms with Crippen molar-refractivity contribution in [3.63, 3.8) is 0 Å². The number of amides is 1. The minimum atomic E-state index is -3.26. The number of carbonyl (C=O) groups excluding carboxylic acids is 1. The number of nitrogens with one attached hydrogen (secondary N) is 1. The van der Waals surface area contributed by atoms with Gasteiger partial charge in [0.25, 0.3) is 5.91 Å². The maximum absolute atomic E-state index is 12.5.